The van der Waals surface area contributed by atoms with E-state index in [1.165, 1.54) is 37.8 Å². The molecule has 0 aliphatic rings. The Labute approximate surface area is 83.8 Å². The van der Waals surface area contributed by atoms with E-state index >= 15 is 0 Å². The second kappa shape index (κ2) is 8.15. The van der Waals surface area contributed by atoms with Gasteiger partial charge < -0.3 is 4.90 Å². The fourth-order valence-corrected chi connectivity index (χ4v) is 1.58. The molecule has 0 aliphatic carbocycles. The predicted molar refractivity (Wildman–Crippen MR) is 60.8 cm³/mol. The molecule has 0 aromatic heterocycles. The summed E-state index contributed by atoms with van der Waals surface area (Å²) in [6, 6.07) is 0. The fourth-order valence-electron chi connectivity index (χ4n) is 1.58. The van der Waals surface area contributed by atoms with Crippen LogP contribution in [0, 0.1) is 0 Å². The zero-order chi connectivity index (χ0) is 10.1. The number of hydrogen-bond acceptors (Lipinski definition) is 1. The van der Waals surface area contributed by atoms with Crippen LogP contribution in [0.3, 0.4) is 0 Å². The smallest absolute Gasteiger partial charge is 0.0146 e. The summed E-state index contributed by atoms with van der Waals surface area (Å²) in [5, 5.41) is 0. The molecule has 0 aromatic rings. The van der Waals surface area contributed by atoms with Crippen LogP contribution in [0.15, 0.2) is 12.3 Å². The first-order chi connectivity index (χ1) is 6.26. The fraction of sp³-hybridized carbons (Fsp3) is 0.833. The summed E-state index contributed by atoms with van der Waals surface area (Å²) in [5.74, 6) is 0. The zero-order valence-electron chi connectivity index (χ0n) is 9.60. The molecule has 1 heteroatoms. The molecule has 0 radical (unpaired) electrons. The first-order valence-corrected chi connectivity index (χ1v) is 5.68. The van der Waals surface area contributed by atoms with Crippen molar-refractivity contribution in [2.75, 3.05) is 13.1 Å². The van der Waals surface area contributed by atoms with Crippen LogP contribution in [0.2, 0.25) is 0 Å². The topological polar surface area (TPSA) is 3.24 Å². The van der Waals surface area contributed by atoms with Gasteiger partial charge in [0.2, 0.25) is 0 Å². The van der Waals surface area contributed by atoms with Gasteiger partial charge in [-0.2, -0.15) is 0 Å². The van der Waals surface area contributed by atoms with E-state index in [1.54, 1.807) is 0 Å². The number of allylic oxidation sites excluding steroid dienone is 1. The van der Waals surface area contributed by atoms with Gasteiger partial charge in [0.05, 0.1) is 0 Å². The van der Waals surface area contributed by atoms with Gasteiger partial charge in [0.25, 0.3) is 0 Å². The summed E-state index contributed by atoms with van der Waals surface area (Å²) < 4.78 is 0. The molecule has 13 heavy (non-hydrogen) atoms. The Kier molecular flexibility index (Phi) is 7.86. The number of unbranched alkanes of at least 4 members (excludes halogenated alkanes) is 3. The van der Waals surface area contributed by atoms with E-state index in [0.717, 1.165) is 13.1 Å². The Morgan fingerprint density at radius 2 is 1.62 bits per heavy atom. The van der Waals surface area contributed by atoms with Crippen LogP contribution < -0.4 is 0 Å². The van der Waals surface area contributed by atoms with Crippen molar-refractivity contribution in [3.8, 4) is 0 Å². The molecule has 0 aromatic carbocycles. The van der Waals surface area contributed by atoms with Gasteiger partial charge in [0, 0.05) is 18.8 Å². The van der Waals surface area contributed by atoms with E-state index < -0.39 is 0 Å². The molecule has 78 valence electrons. The van der Waals surface area contributed by atoms with E-state index in [-0.39, 0.29) is 0 Å². The monoisotopic (exact) mass is 183 g/mol. The molecule has 0 bridgehead atoms. The Hall–Kier alpha value is -0.460. The maximum Gasteiger partial charge on any atom is 0.0146 e. The van der Waals surface area contributed by atoms with Crippen LogP contribution in [0.5, 0.6) is 0 Å². The van der Waals surface area contributed by atoms with Gasteiger partial charge in [0.1, 0.15) is 0 Å². The highest BCUT2D eigenvalue weighted by atomic mass is 15.1. The van der Waals surface area contributed by atoms with Crippen LogP contribution in [-0.4, -0.2) is 18.0 Å². The lowest BCUT2D eigenvalue weighted by Crippen LogP contribution is -2.21. The minimum absolute atomic E-state index is 1.10. The summed E-state index contributed by atoms with van der Waals surface area (Å²) >= 11 is 0. The van der Waals surface area contributed by atoms with Crippen molar-refractivity contribution >= 4 is 0 Å². The molecule has 0 atom stereocenters. The zero-order valence-corrected chi connectivity index (χ0v) is 9.60. The van der Waals surface area contributed by atoms with Gasteiger partial charge in [-0.3, -0.25) is 0 Å². The number of nitrogens with zero attached hydrogens (tertiary/aromatic N) is 1. The number of rotatable bonds is 8. The highest BCUT2D eigenvalue weighted by Gasteiger charge is 2.01. The van der Waals surface area contributed by atoms with Gasteiger partial charge >= 0.3 is 0 Å². The van der Waals surface area contributed by atoms with E-state index in [0.29, 0.717) is 0 Å². The van der Waals surface area contributed by atoms with E-state index in [9.17, 15) is 0 Å². The summed E-state index contributed by atoms with van der Waals surface area (Å²) in [6.07, 6.45) is 6.53. The largest absolute Gasteiger partial charge is 0.376 e. The van der Waals surface area contributed by atoms with Crippen molar-refractivity contribution in [2.24, 2.45) is 0 Å². The number of hydrogen-bond donors (Lipinski definition) is 0. The highest BCUT2D eigenvalue weighted by Crippen LogP contribution is 2.11. The van der Waals surface area contributed by atoms with Gasteiger partial charge in [-0.1, -0.05) is 32.8 Å². The molecule has 0 saturated carbocycles. The minimum Gasteiger partial charge on any atom is -0.376 e. The summed E-state index contributed by atoms with van der Waals surface area (Å²) in [4.78, 5) is 2.35. The molecular weight excluding hydrogens is 158 g/mol. The predicted octanol–water partition coefficient (Wildman–Crippen LogP) is 3.81. The summed E-state index contributed by atoms with van der Waals surface area (Å²) in [5.41, 5.74) is 1.32. The van der Waals surface area contributed by atoms with Crippen LogP contribution in [-0.2, 0) is 0 Å². The van der Waals surface area contributed by atoms with Crippen molar-refractivity contribution < 1.29 is 0 Å². The molecule has 0 saturated heterocycles. The summed E-state index contributed by atoms with van der Waals surface area (Å²) in [7, 11) is 0. The molecule has 0 N–H and O–H groups in total. The van der Waals surface area contributed by atoms with Crippen molar-refractivity contribution in [1.29, 1.82) is 0 Å². The Bertz CT molecular complexity index is 125. The van der Waals surface area contributed by atoms with Gasteiger partial charge in [-0.05, 0) is 26.7 Å². The quantitative estimate of drug-likeness (QED) is 0.517. The lowest BCUT2D eigenvalue weighted by molar-refractivity contribution is 0.365. The molecule has 0 aliphatic heterocycles. The van der Waals surface area contributed by atoms with Crippen LogP contribution in [0.25, 0.3) is 0 Å². The average Bonchev–Trinajstić information content (AvgIpc) is 2.14. The van der Waals surface area contributed by atoms with Crippen molar-refractivity contribution in [2.45, 2.75) is 52.9 Å². The molecule has 0 spiro atoms. The van der Waals surface area contributed by atoms with Crippen LogP contribution in [0.1, 0.15) is 52.9 Å². The summed E-state index contributed by atoms with van der Waals surface area (Å²) in [6.45, 7) is 13.0. The maximum atomic E-state index is 4.12. The molecule has 0 rings (SSSR count). The van der Waals surface area contributed by atoms with Crippen LogP contribution in [0.4, 0.5) is 0 Å². The Morgan fingerprint density at radius 1 is 1.00 bits per heavy atom. The Balaban J connectivity index is 3.48. The van der Waals surface area contributed by atoms with E-state index in [2.05, 4.69) is 32.3 Å². The minimum atomic E-state index is 1.10. The molecule has 0 amide bonds. The SMILES string of the molecule is C=C(CCCCCC)N(CC)CC. The van der Waals surface area contributed by atoms with E-state index in [1.807, 2.05) is 0 Å². The maximum absolute atomic E-state index is 4.12. The van der Waals surface area contributed by atoms with Crippen molar-refractivity contribution in [1.82, 2.24) is 4.90 Å². The standard InChI is InChI=1S/C12H25N/c1-5-8-9-10-11-12(4)13(6-2)7-3/h4-11H2,1-3H3. The van der Waals surface area contributed by atoms with E-state index in [4.69, 9.17) is 0 Å². The second-order valence-corrected chi connectivity index (χ2v) is 3.55. The lowest BCUT2D eigenvalue weighted by atomic mass is 10.1. The molecule has 0 fully saturated rings. The van der Waals surface area contributed by atoms with Gasteiger partial charge in [-0.15, -0.1) is 0 Å². The first kappa shape index (κ1) is 12.5. The third kappa shape index (κ3) is 5.73. The van der Waals surface area contributed by atoms with Crippen LogP contribution >= 0.6 is 0 Å². The first-order valence-electron chi connectivity index (χ1n) is 5.68. The normalized spacial score (nSPS) is 10.1. The molecular formula is C12H25N. The van der Waals surface area contributed by atoms with Crippen molar-refractivity contribution in [3.05, 3.63) is 12.3 Å². The third-order valence-corrected chi connectivity index (χ3v) is 2.53. The molecule has 0 heterocycles. The second-order valence-electron chi connectivity index (χ2n) is 3.55. The average molecular weight is 183 g/mol. The molecule has 0 unspecified atom stereocenters. The van der Waals surface area contributed by atoms with Gasteiger partial charge in [-0.25, -0.2) is 0 Å². The molecule has 1 nitrogen and oxygen atoms in total. The van der Waals surface area contributed by atoms with Crippen molar-refractivity contribution in [3.63, 3.8) is 0 Å². The third-order valence-electron chi connectivity index (χ3n) is 2.53. The Morgan fingerprint density at radius 3 is 2.08 bits per heavy atom. The highest BCUT2D eigenvalue weighted by molar-refractivity contribution is 4.92. The lowest BCUT2D eigenvalue weighted by Gasteiger charge is -2.23. The van der Waals surface area contributed by atoms with Gasteiger partial charge in [0.15, 0.2) is 0 Å².